The highest BCUT2D eigenvalue weighted by Crippen LogP contribution is 2.20. The summed E-state index contributed by atoms with van der Waals surface area (Å²) in [5.74, 6) is -0.714. The lowest BCUT2D eigenvalue weighted by Crippen LogP contribution is -2.47. The van der Waals surface area contributed by atoms with E-state index in [1.807, 2.05) is 24.3 Å². The zero-order chi connectivity index (χ0) is 20.3. The molecule has 0 atom stereocenters. The number of aryl methyl sites for hydroxylation is 1. The quantitative estimate of drug-likeness (QED) is 0.729. The summed E-state index contributed by atoms with van der Waals surface area (Å²) in [5.41, 5.74) is 1.33. The number of hydrogen-bond acceptors (Lipinski definition) is 3. The van der Waals surface area contributed by atoms with Gasteiger partial charge in [-0.05, 0) is 68.3 Å². The van der Waals surface area contributed by atoms with Gasteiger partial charge in [0.05, 0.1) is 5.69 Å². The largest absolute Gasteiger partial charge is 0.324 e. The molecule has 5 nitrogen and oxygen atoms in total. The van der Waals surface area contributed by atoms with Crippen LogP contribution in [-0.4, -0.2) is 15.7 Å². The van der Waals surface area contributed by atoms with Crippen molar-refractivity contribution in [3.8, 4) is 11.3 Å². The van der Waals surface area contributed by atoms with Gasteiger partial charge in [0.15, 0.2) is 0 Å². The van der Waals surface area contributed by atoms with E-state index in [0.29, 0.717) is 16.9 Å². The van der Waals surface area contributed by atoms with Crippen LogP contribution in [0.25, 0.3) is 11.3 Å². The van der Waals surface area contributed by atoms with Crippen molar-refractivity contribution in [1.29, 1.82) is 0 Å². The first-order valence-electron chi connectivity index (χ1n) is 9.08. The fourth-order valence-corrected chi connectivity index (χ4v) is 2.79. The van der Waals surface area contributed by atoms with Gasteiger partial charge in [-0.25, -0.2) is 9.07 Å². The molecule has 0 spiro atoms. The molecule has 3 aromatic rings. The number of carbonyl (C=O) groups excluding carboxylic acids is 1. The number of nitrogens with one attached hydrogen (secondary N) is 1. The zero-order valence-electron chi connectivity index (χ0n) is 16.1. The van der Waals surface area contributed by atoms with E-state index in [-0.39, 0.29) is 11.7 Å². The van der Waals surface area contributed by atoms with Gasteiger partial charge >= 0.3 is 0 Å². The van der Waals surface area contributed by atoms with Gasteiger partial charge in [0.1, 0.15) is 11.4 Å². The fourth-order valence-electron chi connectivity index (χ4n) is 2.79. The minimum absolute atomic E-state index is 0.356. The molecule has 0 unspecified atom stereocenters. The van der Waals surface area contributed by atoms with Crippen molar-refractivity contribution >= 4 is 11.6 Å². The van der Waals surface area contributed by atoms with Crippen molar-refractivity contribution in [1.82, 2.24) is 9.78 Å². The molecule has 144 valence electrons. The topological polar surface area (TPSA) is 64.0 Å². The molecule has 1 N–H and O–H groups in total. The molecule has 28 heavy (non-hydrogen) atoms. The van der Waals surface area contributed by atoms with E-state index in [2.05, 4.69) is 17.3 Å². The second-order valence-electron chi connectivity index (χ2n) is 7.04. The Hall–Kier alpha value is -3.28. The molecule has 0 aliphatic carbocycles. The number of halogens is 1. The van der Waals surface area contributed by atoms with Crippen molar-refractivity contribution in [2.75, 3.05) is 5.32 Å². The summed E-state index contributed by atoms with van der Waals surface area (Å²) in [7, 11) is 0. The Morgan fingerprint density at radius 3 is 2.29 bits per heavy atom. The van der Waals surface area contributed by atoms with E-state index >= 15 is 0 Å². The first-order chi connectivity index (χ1) is 13.3. The van der Waals surface area contributed by atoms with E-state index < -0.39 is 11.1 Å². The van der Waals surface area contributed by atoms with Gasteiger partial charge in [-0.2, -0.15) is 5.10 Å². The van der Waals surface area contributed by atoms with E-state index in [9.17, 15) is 14.0 Å². The summed E-state index contributed by atoms with van der Waals surface area (Å²) in [4.78, 5) is 25.3. The SMILES string of the molecule is CCc1ccc(NC(=O)C(C)(C)n2nc(-c3ccc(F)cc3)ccc2=O)cc1. The summed E-state index contributed by atoms with van der Waals surface area (Å²) in [5, 5.41) is 7.19. The molecule has 0 saturated carbocycles. The summed E-state index contributed by atoms with van der Waals surface area (Å²) in [6.07, 6.45) is 0.912. The second kappa shape index (κ2) is 7.76. The van der Waals surface area contributed by atoms with Crippen molar-refractivity contribution in [2.45, 2.75) is 32.7 Å². The molecule has 6 heteroatoms. The van der Waals surface area contributed by atoms with E-state index in [4.69, 9.17) is 0 Å². The van der Waals surface area contributed by atoms with Gasteiger partial charge in [-0.3, -0.25) is 9.59 Å². The number of hydrogen-bond donors (Lipinski definition) is 1. The molecule has 0 saturated heterocycles. The average molecular weight is 379 g/mol. The molecule has 2 aromatic carbocycles. The zero-order valence-corrected chi connectivity index (χ0v) is 16.1. The van der Waals surface area contributed by atoms with Gasteiger partial charge in [0.2, 0.25) is 0 Å². The Balaban J connectivity index is 1.91. The highest BCUT2D eigenvalue weighted by Gasteiger charge is 2.32. The maximum atomic E-state index is 13.2. The van der Waals surface area contributed by atoms with E-state index in [1.54, 1.807) is 32.0 Å². The maximum Gasteiger partial charge on any atom is 0.267 e. The van der Waals surface area contributed by atoms with Crippen molar-refractivity contribution < 1.29 is 9.18 Å². The third-order valence-corrected chi connectivity index (χ3v) is 4.65. The van der Waals surface area contributed by atoms with Crippen LogP contribution in [0, 0.1) is 5.82 Å². The Kier molecular flexibility index (Phi) is 5.40. The van der Waals surface area contributed by atoms with Gasteiger partial charge < -0.3 is 5.32 Å². The molecule has 0 radical (unpaired) electrons. The number of carbonyl (C=O) groups is 1. The molecule has 0 aliphatic rings. The number of amides is 1. The summed E-state index contributed by atoms with van der Waals surface area (Å²) in [6.45, 7) is 5.32. The molecule has 1 heterocycles. The minimum Gasteiger partial charge on any atom is -0.324 e. The highest BCUT2D eigenvalue weighted by atomic mass is 19.1. The molecule has 3 rings (SSSR count). The molecule has 0 fully saturated rings. The Morgan fingerprint density at radius 2 is 1.68 bits per heavy atom. The lowest BCUT2D eigenvalue weighted by Gasteiger charge is -2.25. The third kappa shape index (κ3) is 4.01. The van der Waals surface area contributed by atoms with Crippen molar-refractivity contribution in [2.24, 2.45) is 0 Å². The monoisotopic (exact) mass is 379 g/mol. The van der Waals surface area contributed by atoms with Crippen LogP contribution in [0.15, 0.2) is 65.5 Å². The van der Waals surface area contributed by atoms with Crippen LogP contribution in [0.3, 0.4) is 0 Å². The predicted molar refractivity (Wildman–Crippen MR) is 108 cm³/mol. The van der Waals surface area contributed by atoms with Crippen LogP contribution in [0.1, 0.15) is 26.3 Å². The number of benzene rings is 2. The summed E-state index contributed by atoms with van der Waals surface area (Å²) in [6, 6.07) is 16.3. The van der Waals surface area contributed by atoms with Crippen LogP contribution in [-0.2, 0) is 16.8 Å². The fraction of sp³-hybridized carbons (Fsp3) is 0.227. The number of nitrogens with zero attached hydrogens (tertiary/aromatic N) is 2. The Labute approximate surface area is 162 Å². The standard InChI is InChI=1S/C22H22FN3O2/c1-4-15-5-11-18(12-6-15)24-21(28)22(2,3)26-20(27)14-13-19(25-26)16-7-9-17(23)10-8-16/h5-14H,4H2,1-3H3,(H,24,28). The first kappa shape index (κ1) is 19.5. The lowest BCUT2D eigenvalue weighted by molar-refractivity contribution is -0.123. The van der Waals surface area contributed by atoms with E-state index in [0.717, 1.165) is 11.1 Å². The predicted octanol–water partition coefficient (Wildman–Crippen LogP) is 3.99. The average Bonchev–Trinajstić information content (AvgIpc) is 2.69. The first-order valence-corrected chi connectivity index (χ1v) is 9.08. The molecule has 0 aliphatic heterocycles. The Bertz CT molecular complexity index is 1040. The van der Waals surface area contributed by atoms with Crippen LogP contribution in [0.5, 0.6) is 0 Å². The number of aromatic nitrogens is 2. The van der Waals surface area contributed by atoms with Gasteiger partial charge in [0, 0.05) is 17.3 Å². The summed E-state index contributed by atoms with van der Waals surface area (Å²) < 4.78 is 14.3. The normalized spacial score (nSPS) is 11.3. The molecule has 1 amide bonds. The van der Waals surface area contributed by atoms with Crippen LogP contribution >= 0.6 is 0 Å². The van der Waals surface area contributed by atoms with Gasteiger partial charge in [-0.1, -0.05) is 19.1 Å². The number of anilines is 1. The maximum absolute atomic E-state index is 13.2. The second-order valence-corrected chi connectivity index (χ2v) is 7.04. The van der Waals surface area contributed by atoms with Crippen LogP contribution < -0.4 is 10.9 Å². The molecule has 1 aromatic heterocycles. The smallest absolute Gasteiger partial charge is 0.267 e. The Morgan fingerprint density at radius 1 is 1.04 bits per heavy atom. The minimum atomic E-state index is -1.23. The summed E-state index contributed by atoms with van der Waals surface area (Å²) >= 11 is 0. The van der Waals surface area contributed by atoms with Gasteiger partial charge in [0.25, 0.3) is 11.5 Å². The van der Waals surface area contributed by atoms with Crippen LogP contribution in [0.2, 0.25) is 0 Å². The van der Waals surface area contributed by atoms with Gasteiger partial charge in [-0.15, -0.1) is 0 Å². The van der Waals surface area contributed by atoms with Crippen molar-refractivity contribution in [3.05, 3.63) is 82.4 Å². The number of rotatable bonds is 5. The molecular weight excluding hydrogens is 357 g/mol. The van der Waals surface area contributed by atoms with Crippen LogP contribution in [0.4, 0.5) is 10.1 Å². The highest BCUT2D eigenvalue weighted by molar-refractivity contribution is 5.96. The molecule has 0 bridgehead atoms. The van der Waals surface area contributed by atoms with E-state index in [1.165, 1.54) is 23.8 Å². The molecular formula is C22H22FN3O2. The van der Waals surface area contributed by atoms with Crippen molar-refractivity contribution in [3.63, 3.8) is 0 Å². The lowest BCUT2D eigenvalue weighted by atomic mass is 10.0. The third-order valence-electron chi connectivity index (χ3n) is 4.65.